The average molecular weight is 298 g/mol. The topological polar surface area (TPSA) is 58.2 Å². The molecule has 0 bridgehead atoms. The lowest BCUT2D eigenvalue weighted by Gasteiger charge is -2.16. The van der Waals surface area contributed by atoms with Crippen molar-refractivity contribution in [2.45, 2.75) is 39.1 Å². The Morgan fingerprint density at radius 2 is 1.70 bits per heavy atom. The zero-order valence-corrected chi connectivity index (χ0v) is 13.6. The smallest absolute Gasteiger partial charge is 0.240 e. The van der Waals surface area contributed by atoms with Crippen LogP contribution < -0.4 is 10.0 Å². The summed E-state index contributed by atoms with van der Waals surface area (Å²) >= 11 is 0. The Hall–Kier alpha value is -0.910. The maximum absolute atomic E-state index is 12.2. The Bertz CT molecular complexity index is 495. The third-order valence-electron chi connectivity index (χ3n) is 3.55. The van der Waals surface area contributed by atoms with Gasteiger partial charge < -0.3 is 5.32 Å². The van der Waals surface area contributed by atoms with E-state index in [4.69, 9.17) is 0 Å². The van der Waals surface area contributed by atoms with E-state index in [1.165, 1.54) is 0 Å². The van der Waals surface area contributed by atoms with E-state index in [1.54, 1.807) is 12.1 Å². The molecule has 114 valence electrons. The second-order valence-electron chi connectivity index (χ2n) is 5.50. The molecule has 1 aromatic rings. The minimum Gasteiger partial charge on any atom is -0.313 e. The zero-order valence-electron chi connectivity index (χ0n) is 12.8. The molecule has 0 fully saturated rings. The number of hydrogen-bond donors (Lipinski definition) is 2. The Balaban J connectivity index is 2.68. The number of benzene rings is 1. The molecule has 2 N–H and O–H groups in total. The molecule has 1 aromatic carbocycles. The Labute approximate surface area is 123 Å². The van der Waals surface area contributed by atoms with Crippen LogP contribution >= 0.6 is 0 Å². The molecule has 0 aliphatic carbocycles. The van der Waals surface area contributed by atoms with Gasteiger partial charge in [-0.1, -0.05) is 39.8 Å². The molecule has 1 unspecified atom stereocenters. The molecule has 0 saturated heterocycles. The van der Waals surface area contributed by atoms with Gasteiger partial charge in [0.15, 0.2) is 0 Å². The van der Waals surface area contributed by atoms with Crippen molar-refractivity contribution in [1.29, 1.82) is 0 Å². The molecule has 1 atom stereocenters. The maximum atomic E-state index is 12.2. The summed E-state index contributed by atoms with van der Waals surface area (Å²) in [6.07, 6.45) is 0. The fraction of sp³-hybridized carbons (Fsp3) is 0.600. The first-order chi connectivity index (χ1) is 9.36. The van der Waals surface area contributed by atoms with Crippen molar-refractivity contribution in [3.05, 3.63) is 29.8 Å². The highest BCUT2D eigenvalue weighted by Crippen LogP contribution is 2.13. The van der Waals surface area contributed by atoms with Gasteiger partial charge in [-0.3, -0.25) is 0 Å². The predicted molar refractivity (Wildman–Crippen MR) is 83.0 cm³/mol. The molecule has 0 aliphatic rings. The van der Waals surface area contributed by atoms with E-state index in [1.807, 2.05) is 26.0 Å². The lowest BCUT2D eigenvalue weighted by Crippen LogP contribution is -2.30. The standard InChI is InChI=1S/C15H26N2O2S/c1-5-16-11-14-6-8-15(9-7-14)20(18,19)17-10-13(4)12(2)3/h6-9,12-13,16-17H,5,10-11H2,1-4H3. The molecule has 0 aliphatic heterocycles. The first-order valence-electron chi connectivity index (χ1n) is 7.16. The van der Waals surface area contributed by atoms with Crippen LogP contribution in [0.4, 0.5) is 0 Å². The molecular weight excluding hydrogens is 272 g/mol. The van der Waals surface area contributed by atoms with Crippen LogP contribution in [0.1, 0.15) is 33.3 Å². The second kappa shape index (κ2) is 7.76. The van der Waals surface area contributed by atoms with Gasteiger partial charge in [0, 0.05) is 13.1 Å². The number of rotatable bonds is 8. The maximum Gasteiger partial charge on any atom is 0.240 e. The van der Waals surface area contributed by atoms with Gasteiger partial charge >= 0.3 is 0 Å². The molecule has 5 heteroatoms. The van der Waals surface area contributed by atoms with Gasteiger partial charge in [-0.15, -0.1) is 0 Å². The number of sulfonamides is 1. The summed E-state index contributed by atoms with van der Waals surface area (Å²) in [5, 5.41) is 3.21. The highest BCUT2D eigenvalue weighted by Gasteiger charge is 2.16. The molecule has 0 aromatic heterocycles. The lowest BCUT2D eigenvalue weighted by molar-refractivity contribution is 0.414. The van der Waals surface area contributed by atoms with Crippen molar-refractivity contribution in [2.24, 2.45) is 11.8 Å². The third-order valence-corrected chi connectivity index (χ3v) is 4.99. The van der Waals surface area contributed by atoms with Crippen LogP contribution in [-0.2, 0) is 16.6 Å². The van der Waals surface area contributed by atoms with E-state index in [9.17, 15) is 8.42 Å². The molecule has 0 saturated carbocycles. The van der Waals surface area contributed by atoms with Crippen LogP contribution in [0.25, 0.3) is 0 Å². The molecule has 0 spiro atoms. The molecule has 0 radical (unpaired) electrons. The summed E-state index contributed by atoms with van der Waals surface area (Å²) in [7, 11) is -3.40. The van der Waals surface area contributed by atoms with Crippen LogP contribution in [0.2, 0.25) is 0 Å². The fourth-order valence-electron chi connectivity index (χ4n) is 1.62. The van der Waals surface area contributed by atoms with Crippen LogP contribution in [0.3, 0.4) is 0 Å². The van der Waals surface area contributed by atoms with E-state index in [2.05, 4.69) is 23.9 Å². The highest BCUT2D eigenvalue weighted by molar-refractivity contribution is 7.89. The van der Waals surface area contributed by atoms with E-state index >= 15 is 0 Å². The van der Waals surface area contributed by atoms with E-state index in [0.717, 1.165) is 18.7 Å². The minimum absolute atomic E-state index is 0.317. The molecule has 0 heterocycles. The van der Waals surface area contributed by atoms with Crippen molar-refractivity contribution in [2.75, 3.05) is 13.1 Å². The average Bonchev–Trinajstić information content (AvgIpc) is 2.43. The molecule has 4 nitrogen and oxygen atoms in total. The summed E-state index contributed by atoms with van der Waals surface area (Å²) in [4.78, 5) is 0.328. The molecule has 0 amide bonds. The summed E-state index contributed by atoms with van der Waals surface area (Å²) in [5.74, 6) is 0.776. The number of hydrogen-bond acceptors (Lipinski definition) is 3. The van der Waals surface area contributed by atoms with Crippen LogP contribution in [0.15, 0.2) is 29.2 Å². The molecular formula is C15H26N2O2S. The van der Waals surface area contributed by atoms with Gasteiger partial charge in [0.25, 0.3) is 0 Å². The zero-order chi connectivity index (χ0) is 15.2. The molecule has 1 rings (SSSR count). The summed E-state index contributed by atoms with van der Waals surface area (Å²) in [6, 6.07) is 7.02. The van der Waals surface area contributed by atoms with Gasteiger partial charge in [-0.05, 0) is 36.1 Å². The van der Waals surface area contributed by atoms with Crippen molar-refractivity contribution < 1.29 is 8.42 Å². The monoisotopic (exact) mass is 298 g/mol. The van der Waals surface area contributed by atoms with Crippen LogP contribution in [0.5, 0.6) is 0 Å². The van der Waals surface area contributed by atoms with E-state index in [-0.39, 0.29) is 0 Å². The quantitative estimate of drug-likeness (QED) is 0.774. The first kappa shape index (κ1) is 17.1. The SMILES string of the molecule is CCNCc1ccc(S(=O)(=O)NCC(C)C(C)C)cc1. The second-order valence-corrected chi connectivity index (χ2v) is 7.26. The minimum atomic E-state index is -3.40. The normalized spacial score (nSPS) is 13.7. The van der Waals surface area contributed by atoms with Gasteiger partial charge in [0.2, 0.25) is 10.0 Å². The third kappa shape index (κ3) is 5.23. The lowest BCUT2D eigenvalue weighted by atomic mass is 9.99. The van der Waals surface area contributed by atoms with Gasteiger partial charge in [-0.25, -0.2) is 13.1 Å². The van der Waals surface area contributed by atoms with Crippen LogP contribution in [0, 0.1) is 11.8 Å². The van der Waals surface area contributed by atoms with Gasteiger partial charge in [0.1, 0.15) is 0 Å². The van der Waals surface area contributed by atoms with Crippen molar-refractivity contribution >= 4 is 10.0 Å². The van der Waals surface area contributed by atoms with Crippen molar-refractivity contribution in [3.63, 3.8) is 0 Å². The summed E-state index contributed by atoms with van der Waals surface area (Å²) in [6.45, 7) is 10.4. The first-order valence-corrected chi connectivity index (χ1v) is 8.64. The van der Waals surface area contributed by atoms with Gasteiger partial charge in [-0.2, -0.15) is 0 Å². The van der Waals surface area contributed by atoms with Crippen LogP contribution in [-0.4, -0.2) is 21.5 Å². The predicted octanol–water partition coefficient (Wildman–Crippen LogP) is 2.37. The highest BCUT2D eigenvalue weighted by atomic mass is 32.2. The Kier molecular flexibility index (Phi) is 6.65. The summed E-state index contributed by atoms with van der Waals surface area (Å²) < 4.78 is 27.0. The summed E-state index contributed by atoms with van der Waals surface area (Å²) in [5.41, 5.74) is 1.08. The van der Waals surface area contributed by atoms with Crippen molar-refractivity contribution in [3.8, 4) is 0 Å². The Morgan fingerprint density at radius 1 is 1.10 bits per heavy atom. The van der Waals surface area contributed by atoms with E-state index < -0.39 is 10.0 Å². The van der Waals surface area contributed by atoms with Gasteiger partial charge in [0.05, 0.1) is 4.90 Å². The fourth-order valence-corrected chi connectivity index (χ4v) is 2.76. The van der Waals surface area contributed by atoms with E-state index in [0.29, 0.717) is 23.3 Å². The number of nitrogens with one attached hydrogen (secondary N) is 2. The largest absolute Gasteiger partial charge is 0.313 e. The van der Waals surface area contributed by atoms with Crippen molar-refractivity contribution in [1.82, 2.24) is 10.0 Å². The Morgan fingerprint density at radius 3 is 2.20 bits per heavy atom. The molecule has 20 heavy (non-hydrogen) atoms.